The van der Waals surface area contributed by atoms with Crippen LogP contribution in [0.25, 0.3) is 11.0 Å². The van der Waals surface area contributed by atoms with Crippen LogP contribution in [-0.2, 0) is 4.74 Å². The van der Waals surface area contributed by atoms with Crippen molar-refractivity contribution in [2.45, 2.75) is 0 Å². The normalized spacial score (nSPS) is 10.5. The molecule has 1 aromatic carbocycles. The van der Waals surface area contributed by atoms with Crippen LogP contribution in [0.4, 0.5) is 11.4 Å². The fourth-order valence-electron chi connectivity index (χ4n) is 2.04. The van der Waals surface area contributed by atoms with E-state index >= 15 is 0 Å². The second-order valence-corrected chi connectivity index (χ2v) is 4.58. The highest BCUT2D eigenvalue weighted by molar-refractivity contribution is 6.32. The van der Waals surface area contributed by atoms with Crippen LogP contribution >= 0.6 is 0 Å². The Kier molecular flexibility index (Phi) is 3.35. The summed E-state index contributed by atoms with van der Waals surface area (Å²) in [6.07, 6.45) is 1.69. The van der Waals surface area contributed by atoms with E-state index in [1.165, 1.54) is 7.11 Å². The van der Waals surface area contributed by atoms with E-state index in [0.29, 0.717) is 16.8 Å². The van der Waals surface area contributed by atoms with Gasteiger partial charge in [0.05, 0.1) is 19.0 Å². The van der Waals surface area contributed by atoms with Crippen molar-refractivity contribution in [3.63, 3.8) is 0 Å². The molecule has 0 saturated heterocycles. The smallest absolute Gasteiger partial charge is 0.354 e. The van der Waals surface area contributed by atoms with Gasteiger partial charge in [-0.25, -0.2) is 9.78 Å². The Morgan fingerprint density at radius 1 is 1.24 bits per heavy atom. The van der Waals surface area contributed by atoms with Crippen LogP contribution in [0.5, 0.6) is 0 Å². The molecule has 0 unspecified atom stereocenters. The zero-order valence-corrected chi connectivity index (χ0v) is 11.4. The molecule has 0 spiro atoms. The number of hydrogen-bond acceptors (Lipinski definition) is 4. The average Bonchev–Trinajstić information content (AvgIpc) is 2.92. The van der Waals surface area contributed by atoms with Crippen LogP contribution in [0.1, 0.15) is 10.5 Å². The molecule has 2 N–H and O–H groups in total. The SMILES string of the molecule is [B]c1ccc(Nc2cnc3[nH]c(C(=O)OC)cc3c2)cc1. The number of methoxy groups -OCH3 is 1. The van der Waals surface area contributed by atoms with E-state index in [4.69, 9.17) is 7.85 Å². The van der Waals surface area contributed by atoms with Crippen molar-refractivity contribution < 1.29 is 9.53 Å². The summed E-state index contributed by atoms with van der Waals surface area (Å²) in [5.41, 5.74) is 3.46. The summed E-state index contributed by atoms with van der Waals surface area (Å²) in [5, 5.41) is 4.06. The number of rotatable bonds is 3. The van der Waals surface area contributed by atoms with Gasteiger partial charge in [0.2, 0.25) is 0 Å². The number of aromatic nitrogens is 2. The fourth-order valence-corrected chi connectivity index (χ4v) is 2.04. The van der Waals surface area contributed by atoms with E-state index in [1.807, 2.05) is 30.3 Å². The number of fused-ring (bicyclic) bond motifs is 1. The summed E-state index contributed by atoms with van der Waals surface area (Å²) in [5.74, 6) is -0.416. The Balaban J connectivity index is 1.90. The van der Waals surface area contributed by atoms with Crippen LogP contribution < -0.4 is 10.8 Å². The van der Waals surface area contributed by atoms with Crippen molar-refractivity contribution in [3.05, 3.63) is 48.3 Å². The number of hydrogen-bond donors (Lipinski definition) is 2. The number of nitrogens with zero attached hydrogens (tertiary/aromatic N) is 1. The first kappa shape index (κ1) is 13.2. The molecule has 0 amide bonds. The maximum Gasteiger partial charge on any atom is 0.354 e. The van der Waals surface area contributed by atoms with Crippen molar-refractivity contribution in [1.29, 1.82) is 0 Å². The van der Waals surface area contributed by atoms with Gasteiger partial charge in [0.15, 0.2) is 0 Å². The van der Waals surface area contributed by atoms with Crippen LogP contribution in [0, 0.1) is 0 Å². The lowest BCUT2D eigenvalue weighted by Gasteiger charge is -2.06. The molecule has 0 aliphatic heterocycles. The highest BCUT2D eigenvalue weighted by Crippen LogP contribution is 2.21. The third kappa shape index (κ3) is 2.74. The van der Waals surface area contributed by atoms with Gasteiger partial charge in [-0.05, 0) is 24.3 Å². The second-order valence-electron chi connectivity index (χ2n) is 4.58. The first-order valence-corrected chi connectivity index (χ1v) is 6.35. The molecule has 2 heterocycles. The number of H-pyrrole nitrogens is 1. The van der Waals surface area contributed by atoms with E-state index < -0.39 is 5.97 Å². The predicted molar refractivity (Wildman–Crippen MR) is 82.5 cm³/mol. The molecule has 5 nitrogen and oxygen atoms in total. The molecule has 0 bridgehead atoms. The minimum atomic E-state index is -0.416. The molecule has 6 heteroatoms. The van der Waals surface area contributed by atoms with Gasteiger partial charge in [-0.1, -0.05) is 17.6 Å². The quantitative estimate of drug-likeness (QED) is 0.566. The van der Waals surface area contributed by atoms with Gasteiger partial charge in [0.25, 0.3) is 0 Å². The number of ether oxygens (including phenoxy) is 1. The molecule has 0 atom stereocenters. The molecule has 2 aromatic heterocycles. The van der Waals surface area contributed by atoms with E-state index in [1.54, 1.807) is 12.3 Å². The van der Waals surface area contributed by atoms with Gasteiger partial charge in [0.1, 0.15) is 19.2 Å². The Morgan fingerprint density at radius 2 is 2.00 bits per heavy atom. The maximum atomic E-state index is 11.5. The third-order valence-corrected chi connectivity index (χ3v) is 3.07. The number of benzene rings is 1. The van der Waals surface area contributed by atoms with E-state index in [-0.39, 0.29) is 0 Å². The zero-order chi connectivity index (χ0) is 14.8. The number of nitrogens with one attached hydrogen (secondary N) is 2. The van der Waals surface area contributed by atoms with Crippen molar-refractivity contribution in [1.82, 2.24) is 9.97 Å². The highest BCUT2D eigenvalue weighted by atomic mass is 16.5. The third-order valence-electron chi connectivity index (χ3n) is 3.07. The summed E-state index contributed by atoms with van der Waals surface area (Å²) in [6.45, 7) is 0. The highest BCUT2D eigenvalue weighted by Gasteiger charge is 2.10. The first-order valence-electron chi connectivity index (χ1n) is 6.35. The number of pyridine rings is 1. The van der Waals surface area contributed by atoms with Crippen LogP contribution in [0.2, 0.25) is 0 Å². The van der Waals surface area contributed by atoms with Crippen molar-refractivity contribution in [2.24, 2.45) is 0 Å². The summed E-state index contributed by atoms with van der Waals surface area (Å²) in [7, 11) is 6.99. The number of anilines is 2. The summed E-state index contributed by atoms with van der Waals surface area (Å²) in [6, 6.07) is 11.0. The van der Waals surface area contributed by atoms with Crippen molar-refractivity contribution in [2.75, 3.05) is 12.4 Å². The number of carbonyl (C=O) groups is 1. The molecular weight excluding hydrogens is 265 g/mol. The Hall–Kier alpha value is -2.76. The molecule has 3 aromatic rings. The van der Waals surface area contributed by atoms with E-state index in [9.17, 15) is 4.79 Å². The molecule has 0 aliphatic rings. The summed E-state index contributed by atoms with van der Waals surface area (Å²) < 4.78 is 4.68. The topological polar surface area (TPSA) is 67.0 Å². The lowest BCUT2D eigenvalue weighted by molar-refractivity contribution is 0.0595. The fraction of sp³-hybridized carbons (Fsp3) is 0.0667. The number of aromatic amines is 1. The van der Waals surface area contributed by atoms with Gasteiger partial charge in [-0.3, -0.25) is 0 Å². The first-order chi connectivity index (χ1) is 10.2. The molecule has 0 fully saturated rings. The number of carbonyl (C=O) groups excluding carboxylic acids is 1. The van der Waals surface area contributed by atoms with Crippen molar-refractivity contribution >= 4 is 41.7 Å². The van der Waals surface area contributed by atoms with Gasteiger partial charge in [-0.2, -0.15) is 0 Å². The Labute approximate surface area is 122 Å². The predicted octanol–water partition coefficient (Wildman–Crippen LogP) is 1.89. The van der Waals surface area contributed by atoms with E-state index in [2.05, 4.69) is 20.0 Å². The second kappa shape index (κ2) is 5.32. The lowest BCUT2D eigenvalue weighted by atomic mass is 9.96. The molecule has 21 heavy (non-hydrogen) atoms. The monoisotopic (exact) mass is 277 g/mol. The van der Waals surface area contributed by atoms with Gasteiger partial charge < -0.3 is 15.0 Å². The van der Waals surface area contributed by atoms with Crippen LogP contribution in [0.15, 0.2) is 42.6 Å². The molecule has 0 saturated carbocycles. The summed E-state index contributed by atoms with van der Waals surface area (Å²) >= 11 is 0. The molecule has 2 radical (unpaired) electrons. The Morgan fingerprint density at radius 3 is 2.71 bits per heavy atom. The van der Waals surface area contributed by atoms with Gasteiger partial charge in [-0.15, -0.1) is 0 Å². The standard InChI is InChI=1S/C15H12BN3O2/c1-21-15(20)13-7-9-6-12(8-17-14(9)19-13)18-11-4-2-10(16)3-5-11/h2-8,18H,1H3,(H,17,19). The molecule has 0 aliphatic carbocycles. The van der Waals surface area contributed by atoms with Crippen molar-refractivity contribution in [3.8, 4) is 0 Å². The minimum absolute atomic E-state index is 0.379. The maximum absolute atomic E-state index is 11.5. The van der Waals surface area contributed by atoms with E-state index in [0.717, 1.165) is 16.8 Å². The molecular formula is C15H12BN3O2. The minimum Gasteiger partial charge on any atom is -0.464 e. The zero-order valence-electron chi connectivity index (χ0n) is 11.4. The lowest BCUT2D eigenvalue weighted by Crippen LogP contribution is -2.00. The van der Waals surface area contributed by atoms with Crippen LogP contribution in [0.3, 0.4) is 0 Å². The van der Waals surface area contributed by atoms with Gasteiger partial charge >= 0.3 is 5.97 Å². The van der Waals surface area contributed by atoms with Crippen LogP contribution in [-0.4, -0.2) is 30.9 Å². The molecule has 102 valence electrons. The van der Waals surface area contributed by atoms with Gasteiger partial charge in [0, 0.05) is 11.1 Å². The summed E-state index contributed by atoms with van der Waals surface area (Å²) in [4.78, 5) is 18.7. The Bertz CT molecular complexity index is 796. The molecule has 3 rings (SSSR count). The largest absolute Gasteiger partial charge is 0.464 e. The number of esters is 1. The average molecular weight is 277 g/mol.